The first-order valence-electron chi connectivity index (χ1n) is 8.56. The molecule has 3 N–H and O–H groups in total. The van der Waals surface area contributed by atoms with Crippen molar-refractivity contribution in [3.8, 4) is 0 Å². The first-order valence-corrected chi connectivity index (χ1v) is 10.0. The number of halogens is 2. The van der Waals surface area contributed by atoms with Crippen LogP contribution in [0.2, 0.25) is 0 Å². The third-order valence-electron chi connectivity index (χ3n) is 3.98. The first kappa shape index (κ1) is 22.1. The van der Waals surface area contributed by atoms with Gasteiger partial charge in [-0.05, 0) is 18.2 Å². The fourth-order valence-electron chi connectivity index (χ4n) is 2.51. The van der Waals surface area contributed by atoms with Crippen LogP contribution in [0.15, 0.2) is 23.1 Å². The zero-order valence-electron chi connectivity index (χ0n) is 15.5. The normalized spacial score (nSPS) is 17.7. The molecule has 0 radical (unpaired) electrons. The standard InChI is InChI=1S/C16H22F2N4O5S/c1-21(2)6-5-19-15(23)16(24)20-10-14-22(7-8-27-14)28(25,26)13-9-11(17)3-4-12(13)18/h3-4,9,14H,5-8,10H2,1-2H3,(H,19,23)(H,20,24)/p+1/t14-/m1/s1. The van der Waals surface area contributed by atoms with Crippen LogP contribution in [-0.4, -0.2) is 77.6 Å². The molecule has 1 aromatic rings. The SMILES string of the molecule is C[NH+](C)CCNC(=O)C(=O)NC[C@H]1OCCN1S(=O)(=O)c1cc(F)ccc1F. The highest BCUT2D eigenvalue weighted by Gasteiger charge is 2.38. The van der Waals surface area contributed by atoms with Gasteiger partial charge in [0.05, 0.1) is 40.3 Å². The van der Waals surface area contributed by atoms with Crippen LogP contribution in [0.1, 0.15) is 0 Å². The Labute approximate surface area is 161 Å². The van der Waals surface area contributed by atoms with E-state index in [1.165, 1.54) is 0 Å². The summed E-state index contributed by atoms with van der Waals surface area (Å²) in [6.07, 6.45) is -1.14. The maximum Gasteiger partial charge on any atom is 0.309 e. The smallest absolute Gasteiger partial charge is 0.309 e. The number of benzene rings is 1. The summed E-state index contributed by atoms with van der Waals surface area (Å²) < 4.78 is 58.7. The third-order valence-corrected chi connectivity index (χ3v) is 5.88. The van der Waals surface area contributed by atoms with Gasteiger partial charge in [0.15, 0.2) is 0 Å². The van der Waals surface area contributed by atoms with Crippen molar-refractivity contribution in [2.24, 2.45) is 0 Å². The molecular weight excluding hydrogens is 398 g/mol. The molecule has 1 aliphatic rings. The Balaban J connectivity index is 2.00. The number of ether oxygens (including phenoxy) is 1. The number of hydrogen-bond acceptors (Lipinski definition) is 5. The Hall–Kier alpha value is -2.15. The summed E-state index contributed by atoms with van der Waals surface area (Å²) in [5.74, 6) is -3.80. The number of carbonyl (C=O) groups is 2. The van der Waals surface area contributed by atoms with E-state index in [1.807, 2.05) is 14.1 Å². The monoisotopic (exact) mass is 421 g/mol. The summed E-state index contributed by atoms with van der Waals surface area (Å²) in [6, 6.07) is 2.11. The topological polar surface area (TPSA) is 109 Å². The van der Waals surface area contributed by atoms with Gasteiger partial charge in [-0.25, -0.2) is 17.2 Å². The molecule has 9 nitrogen and oxygen atoms in total. The van der Waals surface area contributed by atoms with Gasteiger partial charge in [0.2, 0.25) is 10.0 Å². The van der Waals surface area contributed by atoms with E-state index in [2.05, 4.69) is 10.6 Å². The van der Waals surface area contributed by atoms with E-state index in [9.17, 15) is 26.8 Å². The summed E-state index contributed by atoms with van der Waals surface area (Å²) in [5.41, 5.74) is 0. The maximum atomic E-state index is 13.9. The van der Waals surface area contributed by atoms with E-state index in [1.54, 1.807) is 0 Å². The van der Waals surface area contributed by atoms with Crippen LogP contribution in [0.4, 0.5) is 8.78 Å². The Bertz CT molecular complexity index is 834. The second kappa shape index (κ2) is 9.37. The zero-order valence-corrected chi connectivity index (χ0v) is 16.3. The lowest BCUT2D eigenvalue weighted by Crippen LogP contribution is -3.06. The predicted molar refractivity (Wildman–Crippen MR) is 93.7 cm³/mol. The van der Waals surface area contributed by atoms with Gasteiger partial charge < -0.3 is 20.3 Å². The van der Waals surface area contributed by atoms with E-state index in [0.29, 0.717) is 19.2 Å². The van der Waals surface area contributed by atoms with Crippen LogP contribution < -0.4 is 15.5 Å². The fraction of sp³-hybridized carbons (Fsp3) is 0.500. The quantitative estimate of drug-likeness (QED) is 0.429. The van der Waals surface area contributed by atoms with E-state index < -0.39 is 44.6 Å². The Morgan fingerprint density at radius 3 is 2.61 bits per heavy atom. The second-order valence-corrected chi connectivity index (χ2v) is 8.30. The summed E-state index contributed by atoms with van der Waals surface area (Å²) >= 11 is 0. The molecule has 1 saturated heterocycles. The van der Waals surface area contributed by atoms with E-state index in [4.69, 9.17) is 4.74 Å². The second-order valence-electron chi connectivity index (χ2n) is 6.44. The molecule has 1 aliphatic heterocycles. The molecule has 1 heterocycles. The molecule has 0 aliphatic carbocycles. The van der Waals surface area contributed by atoms with Crippen molar-refractivity contribution in [1.82, 2.24) is 14.9 Å². The Morgan fingerprint density at radius 2 is 1.93 bits per heavy atom. The lowest BCUT2D eigenvalue weighted by atomic mass is 10.3. The summed E-state index contributed by atoms with van der Waals surface area (Å²) in [6.45, 7) is 0.510. The molecule has 12 heteroatoms. The molecule has 0 bridgehead atoms. The first-order chi connectivity index (χ1) is 13.1. The van der Waals surface area contributed by atoms with Crippen LogP contribution >= 0.6 is 0 Å². The molecule has 0 saturated carbocycles. The highest BCUT2D eigenvalue weighted by atomic mass is 32.2. The average Bonchev–Trinajstić information content (AvgIpc) is 3.10. The largest absolute Gasteiger partial charge is 0.359 e. The average molecular weight is 421 g/mol. The number of sulfonamides is 1. The van der Waals surface area contributed by atoms with Gasteiger partial charge >= 0.3 is 11.8 Å². The molecule has 2 rings (SSSR count). The lowest BCUT2D eigenvalue weighted by molar-refractivity contribution is -0.856. The van der Waals surface area contributed by atoms with Gasteiger partial charge in [-0.15, -0.1) is 0 Å². The number of hydrogen-bond donors (Lipinski definition) is 3. The molecule has 1 fully saturated rings. The number of carbonyl (C=O) groups excluding carboxylic acids is 2. The van der Waals surface area contributed by atoms with Crippen LogP contribution in [-0.2, 0) is 24.3 Å². The molecular formula is C16H23F2N4O5S+. The van der Waals surface area contributed by atoms with E-state index in [-0.39, 0.29) is 19.7 Å². The number of amides is 2. The molecule has 0 spiro atoms. The number of likely N-dealkylation sites (N-methyl/N-ethyl adjacent to an activating group) is 1. The van der Waals surface area contributed by atoms with Crippen molar-refractivity contribution in [3.63, 3.8) is 0 Å². The fourth-order valence-corrected chi connectivity index (χ4v) is 4.10. The van der Waals surface area contributed by atoms with Crippen molar-refractivity contribution in [2.75, 3.05) is 46.9 Å². The highest BCUT2D eigenvalue weighted by molar-refractivity contribution is 7.89. The van der Waals surface area contributed by atoms with Crippen molar-refractivity contribution in [3.05, 3.63) is 29.8 Å². The minimum atomic E-state index is -4.39. The molecule has 1 atom stereocenters. The Kier molecular flexibility index (Phi) is 7.41. The molecule has 1 aromatic carbocycles. The van der Waals surface area contributed by atoms with Gasteiger partial charge in [-0.1, -0.05) is 0 Å². The summed E-state index contributed by atoms with van der Waals surface area (Å²) in [7, 11) is -0.616. The van der Waals surface area contributed by atoms with Crippen molar-refractivity contribution < 1.29 is 36.4 Å². The minimum Gasteiger partial charge on any atom is -0.359 e. The minimum absolute atomic E-state index is 0.00844. The highest BCUT2D eigenvalue weighted by Crippen LogP contribution is 2.24. The molecule has 28 heavy (non-hydrogen) atoms. The van der Waals surface area contributed by atoms with E-state index in [0.717, 1.165) is 21.3 Å². The van der Waals surface area contributed by atoms with Gasteiger partial charge in [0, 0.05) is 6.54 Å². The molecule has 0 aromatic heterocycles. The number of rotatable bonds is 7. The molecule has 0 unspecified atom stereocenters. The molecule has 2 amide bonds. The van der Waals surface area contributed by atoms with E-state index >= 15 is 0 Å². The van der Waals surface area contributed by atoms with Crippen LogP contribution in [0.5, 0.6) is 0 Å². The van der Waals surface area contributed by atoms with Gasteiger partial charge in [-0.2, -0.15) is 4.31 Å². The van der Waals surface area contributed by atoms with Crippen molar-refractivity contribution in [2.45, 2.75) is 11.1 Å². The lowest BCUT2D eigenvalue weighted by Gasteiger charge is -2.23. The predicted octanol–water partition coefficient (Wildman–Crippen LogP) is -2.31. The van der Waals surface area contributed by atoms with Crippen LogP contribution in [0.3, 0.4) is 0 Å². The number of nitrogens with zero attached hydrogens (tertiary/aromatic N) is 1. The van der Waals surface area contributed by atoms with Crippen LogP contribution in [0, 0.1) is 11.6 Å². The third kappa shape index (κ3) is 5.44. The number of nitrogens with one attached hydrogen (secondary N) is 3. The van der Waals surface area contributed by atoms with Gasteiger partial charge in [0.1, 0.15) is 22.8 Å². The van der Waals surface area contributed by atoms with Crippen LogP contribution in [0.25, 0.3) is 0 Å². The summed E-state index contributed by atoms with van der Waals surface area (Å²) in [5, 5.41) is 4.72. The maximum absolute atomic E-state index is 13.9. The molecule has 156 valence electrons. The van der Waals surface area contributed by atoms with Crippen molar-refractivity contribution in [1.29, 1.82) is 0 Å². The number of quaternary nitrogens is 1. The van der Waals surface area contributed by atoms with Gasteiger partial charge in [0.25, 0.3) is 0 Å². The summed E-state index contributed by atoms with van der Waals surface area (Å²) in [4.78, 5) is 23.8. The Morgan fingerprint density at radius 1 is 1.25 bits per heavy atom. The van der Waals surface area contributed by atoms with Crippen molar-refractivity contribution >= 4 is 21.8 Å². The zero-order chi connectivity index (χ0) is 20.9. The van der Waals surface area contributed by atoms with Gasteiger partial charge in [-0.3, -0.25) is 9.59 Å².